The van der Waals surface area contributed by atoms with Crippen LogP contribution in [-0.2, 0) is 11.2 Å². The fraction of sp³-hybridized carbons (Fsp3) is 0.533. The van der Waals surface area contributed by atoms with E-state index in [1.54, 1.807) is 19.2 Å². The molecule has 1 atom stereocenters. The van der Waals surface area contributed by atoms with Crippen molar-refractivity contribution in [1.82, 2.24) is 4.90 Å². The summed E-state index contributed by atoms with van der Waals surface area (Å²) in [5, 5.41) is 9.81. The molecule has 1 N–H and O–H groups in total. The van der Waals surface area contributed by atoms with Gasteiger partial charge in [0.1, 0.15) is 5.75 Å². The van der Waals surface area contributed by atoms with Gasteiger partial charge in [-0.15, -0.1) is 0 Å². The zero-order valence-electron chi connectivity index (χ0n) is 11.8. The third-order valence-corrected chi connectivity index (χ3v) is 3.56. The molecule has 0 heterocycles. The lowest BCUT2D eigenvalue weighted by atomic mass is 10.1. The van der Waals surface area contributed by atoms with Gasteiger partial charge in [0.15, 0.2) is 0 Å². The topological polar surface area (TPSA) is 49.8 Å². The maximum absolute atomic E-state index is 12.0. The van der Waals surface area contributed by atoms with Gasteiger partial charge in [0.05, 0.1) is 12.5 Å². The van der Waals surface area contributed by atoms with Crippen molar-refractivity contribution >= 4 is 5.91 Å². The number of carbonyl (C=O) groups is 1. The van der Waals surface area contributed by atoms with Crippen LogP contribution in [-0.4, -0.2) is 42.2 Å². The average molecular weight is 299 g/mol. The molecule has 116 valence electrons. The number of likely N-dealkylation sites (N-methyl/N-ethyl adjacent to an activating group) is 1. The molecule has 0 spiro atoms. The SMILES string of the molecule is CN(CC(O)C1CC1)C(=O)Cc1ccc(OC(F)F)cc1. The molecule has 0 aromatic heterocycles. The summed E-state index contributed by atoms with van der Waals surface area (Å²) in [6.07, 6.45) is 1.76. The van der Waals surface area contributed by atoms with E-state index in [0.717, 1.165) is 18.4 Å². The minimum Gasteiger partial charge on any atom is -0.435 e. The Morgan fingerprint density at radius 2 is 2.00 bits per heavy atom. The minimum absolute atomic E-state index is 0.0682. The van der Waals surface area contributed by atoms with Gasteiger partial charge in [-0.1, -0.05) is 12.1 Å². The lowest BCUT2D eigenvalue weighted by Crippen LogP contribution is -2.36. The van der Waals surface area contributed by atoms with Gasteiger partial charge in [0, 0.05) is 13.6 Å². The van der Waals surface area contributed by atoms with Crippen LogP contribution >= 0.6 is 0 Å². The van der Waals surface area contributed by atoms with Gasteiger partial charge >= 0.3 is 6.61 Å². The summed E-state index contributed by atoms with van der Waals surface area (Å²) >= 11 is 0. The molecule has 1 aliphatic carbocycles. The highest BCUT2D eigenvalue weighted by Gasteiger charge is 2.31. The summed E-state index contributed by atoms with van der Waals surface area (Å²) in [7, 11) is 1.65. The molecule has 0 saturated heterocycles. The highest BCUT2D eigenvalue weighted by molar-refractivity contribution is 5.78. The molecule has 0 aliphatic heterocycles. The second-order valence-electron chi connectivity index (χ2n) is 5.38. The molecule has 1 saturated carbocycles. The molecule has 6 heteroatoms. The van der Waals surface area contributed by atoms with Gasteiger partial charge in [-0.3, -0.25) is 4.79 Å². The Labute approximate surface area is 122 Å². The predicted molar refractivity (Wildman–Crippen MR) is 73.1 cm³/mol. The van der Waals surface area contributed by atoms with Crippen LogP contribution in [0, 0.1) is 5.92 Å². The second-order valence-corrected chi connectivity index (χ2v) is 5.38. The summed E-state index contributed by atoms with van der Waals surface area (Å²) in [5.74, 6) is 0.280. The number of amides is 1. The number of ether oxygens (including phenoxy) is 1. The van der Waals surface area contributed by atoms with Gasteiger partial charge < -0.3 is 14.7 Å². The molecule has 1 amide bonds. The van der Waals surface area contributed by atoms with Crippen LogP contribution in [0.5, 0.6) is 5.75 Å². The van der Waals surface area contributed by atoms with E-state index in [1.165, 1.54) is 17.0 Å². The lowest BCUT2D eigenvalue weighted by molar-refractivity contribution is -0.130. The molecule has 1 aliphatic rings. The van der Waals surface area contributed by atoms with Gasteiger partial charge in [-0.05, 0) is 36.5 Å². The van der Waals surface area contributed by atoms with Crippen LogP contribution < -0.4 is 4.74 Å². The normalized spacial score (nSPS) is 15.9. The summed E-state index contributed by atoms with van der Waals surface area (Å²) in [5.41, 5.74) is 0.717. The fourth-order valence-corrected chi connectivity index (χ4v) is 2.11. The molecule has 21 heavy (non-hydrogen) atoms. The van der Waals surface area contributed by atoms with Crippen molar-refractivity contribution in [2.45, 2.75) is 32.0 Å². The number of alkyl halides is 2. The Morgan fingerprint density at radius 3 is 2.52 bits per heavy atom. The van der Waals surface area contributed by atoms with E-state index < -0.39 is 12.7 Å². The number of aliphatic hydroxyl groups excluding tert-OH is 1. The van der Waals surface area contributed by atoms with E-state index in [0.29, 0.717) is 12.5 Å². The van der Waals surface area contributed by atoms with Crippen LogP contribution in [0.4, 0.5) is 8.78 Å². The smallest absolute Gasteiger partial charge is 0.387 e. The van der Waals surface area contributed by atoms with Gasteiger partial charge in [0.25, 0.3) is 0 Å². The molecule has 1 unspecified atom stereocenters. The first-order valence-corrected chi connectivity index (χ1v) is 6.91. The first kappa shape index (κ1) is 15.7. The third-order valence-electron chi connectivity index (χ3n) is 3.56. The Hall–Kier alpha value is -1.69. The average Bonchev–Trinajstić information content (AvgIpc) is 3.24. The first-order chi connectivity index (χ1) is 9.95. The van der Waals surface area contributed by atoms with Crippen molar-refractivity contribution in [2.75, 3.05) is 13.6 Å². The lowest BCUT2D eigenvalue weighted by Gasteiger charge is -2.20. The largest absolute Gasteiger partial charge is 0.435 e. The molecule has 1 aromatic rings. The number of carbonyl (C=O) groups excluding carboxylic acids is 1. The Bertz CT molecular complexity index is 474. The van der Waals surface area contributed by atoms with Crippen LogP contribution in [0.3, 0.4) is 0 Å². The Morgan fingerprint density at radius 1 is 1.38 bits per heavy atom. The van der Waals surface area contributed by atoms with Gasteiger partial charge in [0.2, 0.25) is 5.91 Å². The number of nitrogens with zero attached hydrogens (tertiary/aromatic N) is 1. The van der Waals surface area contributed by atoms with Crippen molar-refractivity contribution in [3.05, 3.63) is 29.8 Å². The molecule has 1 fully saturated rings. The van der Waals surface area contributed by atoms with Crippen molar-refractivity contribution in [2.24, 2.45) is 5.92 Å². The molecule has 4 nitrogen and oxygen atoms in total. The number of benzene rings is 1. The second kappa shape index (κ2) is 6.85. The standard InChI is InChI=1S/C15H19F2NO3/c1-18(9-13(19)11-4-5-11)14(20)8-10-2-6-12(7-3-10)21-15(16)17/h2-3,6-7,11,13,15,19H,4-5,8-9H2,1H3. The molecule has 1 aromatic carbocycles. The van der Waals surface area contributed by atoms with Crippen LogP contribution in [0.1, 0.15) is 18.4 Å². The van der Waals surface area contributed by atoms with Crippen molar-refractivity contribution < 1.29 is 23.4 Å². The van der Waals surface area contributed by atoms with E-state index >= 15 is 0 Å². The summed E-state index contributed by atoms with van der Waals surface area (Å²) in [6, 6.07) is 5.99. The van der Waals surface area contributed by atoms with E-state index in [9.17, 15) is 18.7 Å². The highest BCUT2D eigenvalue weighted by atomic mass is 19.3. The summed E-state index contributed by atoms with van der Waals surface area (Å²) < 4.78 is 28.3. The van der Waals surface area contributed by atoms with Crippen LogP contribution in [0.15, 0.2) is 24.3 Å². The number of aliphatic hydroxyl groups is 1. The summed E-state index contributed by atoms with van der Waals surface area (Å²) in [4.78, 5) is 13.5. The monoisotopic (exact) mass is 299 g/mol. The molecule has 0 radical (unpaired) electrons. The summed E-state index contributed by atoms with van der Waals surface area (Å²) in [6.45, 7) is -2.52. The maximum atomic E-state index is 12.0. The number of halogens is 2. The van der Waals surface area contributed by atoms with Gasteiger partial charge in [-0.2, -0.15) is 8.78 Å². The first-order valence-electron chi connectivity index (χ1n) is 6.91. The van der Waals surface area contributed by atoms with E-state index in [4.69, 9.17) is 0 Å². The Kier molecular flexibility index (Phi) is 5.12. The zero-order valence-corrected chi connectivity index (χ0v) is 11.8. The van der Waals surface area contributed by atoms with Crippen LogP contribution in [0.2, 0.25) is 0 Å². The molecule has 2 rings (SSSR count). The van der Waals surface area contributed by atoms with E-state index in [1.807, 2.05) is 0 Å². The number of hydrogen-bond acceptors (Lipinski definition) is 3. The third kappa shape index (κ3) is 4.97. The molecular weight excluding hydrogens is 280 g/mol. The number of hydrogen-bond donors (Lipinski definition) is 1. The minimum atomic E-state index is -2.85. The molecular formula is C15H19F2NO3. The molecule has 0 bridgehead atoms. The zero-order chi connectivity index (χ0) is 15.4. The highest BCUT2D eigenvalue weighted by Crippen LogP contribution is 2.32. The van der Waals surface area contributed by atoms with Crippen molar-refractivity contribution in [3.63, 3.8) is 0 Å². The van der Waals surface area contributed by atoms with Crippen LogP contribution in [0.25, 0.3) is 0 Å². The number of rotatable bonds is 7. The van der Waals surface area contributed by atoms with Gasteiger partial charge in [-0.25, -0.2) is 0 Å². The quantitative estimate of drug-likeness (QED) is 0.838. The van der Waals surface area contributed by atoms with Crippen molar-refractivity contribution in [3.8, 4) is 5.75 Å². The predicted octanol–water partition coefficient (Wildman–Crippen LogP) is 2.06. The fourth-order valence-electron chi connectivity index (χ4n) is 2.11. The van der Waals surface area contributed by atoms with E-state index in [-0.39, 0.29) is 18.1 Å². The van der Waals surface area contributed by atoms with Crippen molar-refractivity contribution in [1.29, 1.82) is 0 Å². The van der Waals surface area contributed by atoms with E-state index in [2.05, 4.69) is 4.74 Å². The maximum Gasteiger partial charge on any atom is 0.387 e. The Balaban J connectivity index is 1.83.